The number of fused-ring (bicyclic) bond motifs is 3. The minimum Gasteiger partial charge on any atom is -0.493 e. The number of esters is 1. The Morgan fingerprint density at radius 2 is 2.00 bits per heavy atom. The Labute approximate surface area is 205 Å². The number of pyridine rings is 1. The average Bonchev–Trinajstić information content (AvgIpc) is 3.26. The van der Waals surface area contributed by atoms with Gasteiger partial charge >= 0.3 is 5.97 Å². The molecule has 0 spiro atoms. The highest BCUT2D eigenvalue weighted by Gasteiger charge is 2.31. The summed E-state index contributed by atoms with van der Waals surface area (Å²) in [5.74, 6) is 0.833. The molecule has 1 aliphatic rings. The van der Waals surface area contributed by atoms with Crippen molar-refractivity contribution in [1.29, 1.82) is 0 Å². The van der Waals surface area contributed by atoms with Crippen LogP contribution in [0.2, 0.25) is 4.34 Å². The van der Waals surface area contributed by atoms with Crippen molar-refractivity contribution >= 4 is 28.9 Å². The number of hydrogen-bond acceptors (Lipinski definition) is 8. The van der Waals surface area contributed by atoms with Crippen LogP contribution in [0.15, 0.2) is 41.3 Å². The molecule has 180 valence electrons. The van der Waals surface area contributed by atoms with Gasteiger partial charge in [0.2, 0.25) is 6.23 Å². The summed E-state index contributed by atoms with van der Waals surface area (Å²) in [4.78, 5) is 26.0. The summed E-state index contributed by atoms with van der Waals surface area (Å²) in [6, 6.07) is 8.53. The number of nitrogens with zero attached hydrogens (tertiary/aromatic N) is 1. The zero-order valence-electron chi connectivity index (χ0n) is 19.0. The van der Waals surface area contributed by atoms with Crippen LogP contribution in [-0.4, -0.2) is 44.6 Å². The Balaban J connectivity index is 1.84. The van der Waals surface area contributed by atoms with Crippen LogP contribution < -0.4 is 19.6 Å². The van der Waals surface area contributed by atoms with E-state index >= 15 is 0 Å². The van der Waals surface area contributed by atoms with Crippen molar-refractivity contribution in [3.63, 3.8) is 0 Å². The van der Waals surface area contributed by atoms with Gasteiger partial charge in [0.1, 0.15) is 11.3 Å². The minimum atomic E-state index is -0.686. The maximum absolute atomic E-state index is 12.8. The lowest BCUT2D eigenvalue weighted by molar-refractivity contribution is 0.0522. The summed E-state index contributed by atoms with van der Waals surface area (Å²) in [5.41, 5.74) is 0.681. The highest BCUT2D eigenvalue weighted by molar-refractivity contribution is 7.16. The van der Waals surface area contributed by atoms with Crippen LogP contribution in [0.25, 0.3) is 11.3 Å². The van der Waals surface area contributed by atoms with Gasteiger partial charge in [-0.05, 0) is 25.1 Å². The number of aromatic nitrogens is 1. The number of hydrogen-bond donors (Lipinski definition) is 0. The van der Waals surface area contributed by atoms with Gasteiger partial charge in [-0.3, -0.25) is 4.79 Å². The number of carbonyl (C=O) groups is 1. The number of methoxy groups -OCH3 is 2. The van der Waals surface area contributed by atoms with E-state index in [1.54, 1.807) is 43.9 Å². The largest absolute Gasteiger partial charge is 0.493 e. The summed E-state index contributed by atoms with van der Waals surface area (Å²) in [6.07, 6.45) is 1.53. The van der Waals surface area contributed by atoms with Crippen molar-refractivity contribution in [1.82, 2.24) is 4.57 Å². The van der Waals surface area contributed by atoms with Crippen LogP contribution >= 0.6 is 22.9 Å². The van der Waals surface area contributed by atoms with Gasteiger partial charge in [-0.1, -0.05) is 11.6 Å². The van der Waals surface area contributed by atoms with E-state index in [9.17, 15) is 9.59 Å². The summed E-state index contributed by atoms with van der Waals surface area (Å²) in [7, 11) is 3.18. The zero-order chi connectivity index (χ0) is 24.2. The van der Waals surface area contributed by atoms with Gasteiger partial charge in [-0.2, -0.15) is 0 Å². The molecule has 0 amide bonds. The van der Waals surface area contributed by atoms with E-state index in [1.807, 2.05) is 6.07 Å². The smallest absolute Gasteiger partial charge is 0.343 e. The first-order chi connectivity index (χ1) is 16.5. The van der Waals surface area contributed by atoms with Gasteiger partial charge in [0, 0.05) is 44.0 Å². The molecule has 0 bridgehead atoms. The van der Waals surface area contributed by atoms with Crippen molar-refractivity contribution in [2.24, 2.45) is 0 Å². The molecule has 0 radical (unpaired) electrons. The molecule has 0 fully saturated rings. The minimum absolute atomic E-state index is 0.0737. The Morgan fingerprint density at radius 1 is 1.18 bits per heavy atom. The molecule has 3 heterocycles. The van der Waals surface area contributed by atoms with E-state index in [0.29, 0.717) is 52.5 Å². The van der Waals surface area contributed by atoms with Gasteiger partial charge in [-0.15, -0.1) is 11.3 Å². The molecule has 4 rings (SSSR count). The summed E-state index contributed by atoms with van der Waals surface area (Å²) in [6.45, 7) is 2.86. The van der Waals surface area contributed by atoms with Crippen LogP contribution in [0.3, 0.4) is 0 Å². The summed E-state index contributed by atoms with van der Waals surface area (Å²) < 4.78 is 30.3. The number of carbonyl (C=O) groups excluding carboxylic acids is 1. The first-order valence-electron chi connectivity index (χ1n) is 10.7. The van der Waals surface area contributed by atoms with E-state index in [-0.39, 0.29) is 12.2 Å². The molecule has 0 N–H and O–H groups in total. The van der Waals surface area contributed by atoms with E-state index in [0.717, 1.165) is 4.88 Å². The average molecular weight is 506 g/mol. The monoisotopic (exact) mass is 505 g/mol. The molecule has 34 heavy (non-hydrogen) atoms. The first kappa shape index (κ1) is 24.1. The second-order valence-corrected chi connectivity index (χ2v) is 9.12. The molecule has 1 aromatic carbocycles. The number of thiophene rings is 1. The lowest BCUT2D eigenvalue weighted by atomic mass is 10.0. The fourth-order valence-corrected chi connectivity index (χ4v) is 4.74. The molecule has 0 saturated heterocycles. The van der Waals surface area contributed by atoms with E-state index in [1.165, 1.54) is 23.6 Å². The van der Waals surface area contributed by atoms with E-state index < -0.39 is 17.6 Å². The molecular formula is C24H24ClNO7S. The fourth-order valence-electron chi connectivity index (χ4n) is 3.65. The van der Waals surface area contributed by atoms with Crippen LogP contribution in [0.4, 0.5) is 0 Å². The predicted octanol–water partition coefficient (Wildman–Crippen LogP) is 4.77. The SMILES string of the molecule is CCOC(=O)c1cn2c(cc1=O)-c1cc(OC)c(OCCCOC)cc1OC2c1ccc(Cl)s1. The molecule has 10 heteroatoms. The standard InChI is InChI=1S/C24H24ClNO7S/c1-4-31-24(28)15-13-26-16(11-17(15)27)14-10-19(30-3)20(32-9-5-8-29-2)12-18(14)33-23(26)21-6-7-22(25)34-21/h6-7,10-13,23H,4-5,8-9H2,1-3H3. The van der Waals surface area contributed by atoms with Crippen molar-refractivity contribution in [2.45, 2.75) is 19.6 Å². The van der Waals surface area contributed by atoms with Gasteiger partial charge in [0.25, 0.3) is 0 Å². The lowest BCUT2D eigenvalue weighted by Gasteiger charge is -2.31. The van der Waals surface area contributed by atoms with Crippen molar-refractivity contribution in [3.8, 4) is 28.5 Å². The molecule has 1 unspecified atom stereocenters. The van der Waals surface area contributed by atoms with Crippen molar-refractivity contribution < 1.29 is 28.5 Å². The topological polar surface area (TPSA) is 85.2 Å². The number of rotatable bonds is 9. The Kier molecular flexibility index (Phi) is 7.45. The van der Waals surface area contributed by atoms with Crippen LogP contribution in [0, 0.1) is 0 Å². The van der Waals surface area contributed by atoms with Crippen molar-refractivity contribution in [3.05, 3.63) is 61.5 Å². The molecule has 0 aliphatic carbocycles. The molecule has 3 aromatic rings. The van der Waals surface area contributed by atoms with Crippen molar-refractivity contribution in [2.75, 3.05) is 34.0 Å². The van der Waals surface area contributed by atoms with E-state index in [4.69, 9.17) is 35.3 Å². The lowest BCUT2D eigenvalue weighted by Crippen LogP contribution is -2.28. The van der Waals surface area contributed by atoms with Gasteiger partial charge in [0.15, 0.2) is 16.9 Å². The summed E-state index contributed by atoms with van der Waals surface area (Å²) in [5, 5.41) is 0. The maximum atomic E-state index is 12.8. The Bertz CT molecular complexity index is 1250. The summed E-state index contributed by atoms with van der Waals surface area (Å²) >= 11 is 7.53. The van der Waals surface area contributed by atoms with Gasteiger partial charge < -0.3 is 28.3 Å². The fraction of sp³-hybridized carbons (Fsp3) is 0.333. The van der Waals surface area contributed by atoms with Gasteiger partial charge in [-0.25, -0.2) is 4.79 Å². The van der Waals surface area contributed by atoms with Gasteiger partial charge in [0.05, 0.1) is 35.2 Å². The third kappa shape index (κ3) is 4.77. The molecule has 1 atom stereocenters. The third-order valence-electron chi connectivity index (χ3n) is 5.20. The normalized spacial score (nSPS) is 14.1. The number of halogens is 1. The molecule has 1 aliphatic heterocycles. The molecule has 2 aromatic heterocycles. The second-order valence-electron chi connectivity index (χ2n) is 7.37. The second kappa shape index (κ2) is 10.5. The molecule has 0 saturated carbocycles. The van der Waals surface area contributed by atoms with Crippen LogP contribution in [0.1, 0.15) is 34.8 Å². The molecular weight excluding hydrogens is 482 g/mol. The highest BCUT2D eigenvalue weighted by atomic mass is 35.5. The maximum Gasteiger partial charge on any atom is 0.343 e. The first-order valence-corrected chi connectivity index (χ1v) is 11.9. The zero-order valence-corrected chi connectivity index (χ0v) is 20.5. The van der Waals surface area contributed by atoms with E-state index in [2.05, 4.69) is 0 Å². The highest BCUT2D eigenvalue weighted by Crippen LogP contribution is 2.46. The number of ether oxygens (including phenoxy) is 5. The number of benzene rings is 1. The molecule has 8 nitrogen and oxygen atoms in total. The van der Waals surface area contributed by atoms with Crippen LogP contribution in [-0.2, 0) is 9.47 Å². The van der Waals surface area contributed by atoms with Crippen LogP contribution in [0.5, 0.6) is 17.2 Å². The predicted molar refractivity (Wildman–Crippen MR) is 129 cm³/mol. The quantitative estimate of drug-likeness (QED) is 0.306. The Hall–Kier alpha value is -3.01. The third-order valence-corrected chi connectivity index (χ3v) is 6.46. The Morgan fingerprint density at radius 3 is 2.68 bits per heavy atom.